The summed E-state index contributed by atoms with van der Waals surface area (Å²) in [5.74, 6) is 2.68. The Labute approximate surface area is 157 Å². The van der Waals surface area contributed by atoms with Crippen LogP contribution in [0.2, 0.25) is 0 Å². The van der Waals surface area contributed by atoms with Crippen molar-refractivity contribution in [2.45, 2.75) is 38.3 Å². The van der Waals surface area contributed by atoms with Crippen molar-refractivity contribution in [2.24, 2.45) is 17.8 Å². The van der Waals surface area contributed by atoms with Gasteiger partial charge in [-0.2, -0.15) is 13.2 Å². The monoisotopic (exact) mass is 382 g/mol. The van der Waals surface area contributed by atoms with Crippen molar-refractivity contribution in [3.63, 3.8) is 0 Å². The van der Waals surface area contributed by atoms with Crippen LogP contribution in [-0.4, -0.2) is 43.2 Å². The van der Waals surface area contributed by atoms with E-state index >= 15 is 0 Å². The number of nitrogens with zero attached hydrogens (tertiary/aromatic N) is 1. The van der Waals surface area contributed by atoms with Gasteiger partial charge in [-0.05, 0) is 80.3 Å². The largest absolute Gasteiger partial charge is 0.494 e. The summed E-state index contributed by atoms with van der Waals surface area (Å²) in [6, 6.07) is 5.68. The van der Waals surface area contributed by atoms with Crippen LogP contribution in [0.25, 0.3) is 0 Å². The summed E-state index contributed by atoms with van der Waals surface area (Å²) >= 11 is 0. The molecule has 1 aromatic rings. The lowest BCUT2D eigenvalue weighted by Gasteiger charge is -2.32. The number of likely N-dealkylation sites (tertiary alicyclic amines) is 1. The van der Waals surface area contributed by atoms with Gasteiger partial charge in [0.2, 0.25) is 5.91 Å². The Hall–Kier alpha value is -1.76. The predicted molar refractivity (Wildman–Crippen MR) is 95.7 cm³/mol. The van der Waals surface area contributed by atoms with E-state index in [0.29, 0.717) is 43.9 Å². The molecule has 0 spiro atoms. The molecular formula is C20H25F3N2O2. The second-order valence-electron chi connectivity index (χ2n) is 8.07. The highest BCUT2D eigenvalue weighted by Crippen LogP contribution is 2.49. The van der Waals surface area contributed by atoms with Gasteiger partial charge < -0.3 is 10.1 Å². The number of piperidine rings is 1. The van der Waals surface area contributed by atoms with Gasteiger partial charge in [0.15, 0.2) is 0 Å². The van der Waals surface area contributed by atoms with Crippen LogP contribution in [0.1, 0.15) is 31.2 Å². The summed E-state index contributed by atoms with van der Waals surface area (Å²) in [5, 5.41) is 2.81. The molecule has 2 heterocycles. The van der Waals surface area contributed by atoms with E-state index < -0.39 is 12.7 Å². The van der Waals surface area contributed by atoms with Crippen molar-refractivity contribution >= 4 is 11.6 Å². The molecule has 1 amide bonds. The fourth-order valence-electron chi connectivity index (χ4n) is 4.60. The third-order valence-electron chi connectivity index (χ3n) is 6.08. The van der Waals surface area contributed by atoms with Crippen LogP contribution in [0.4, 0.5) is 18.9 Å². The van der Waals surface area contributed by atoms with E-state index in [1.54, 1.807) is 0 Å². The van der Waals surface area contributed by atoms with Crippen LogP contribution in [0.3, 0.4) is 0 Å². The second kappa shape index (κ2) is 7.34. The summed E-state index contributed by atoms with van der Waals surface area (Å²) in [4.78, 5) is 12.9. The average molecular weight is 382 g/mol. The zero-order valence-electron chi connectivity index (χ0n) is 15.2. The molecule has 4 nitrogen and oxygen atoms in total. The summed E-state index contributed by atoms with van der Waals surface area (Å²) in [7, 11) is 0. The van der Waals surface area contributed by atoms with E-state index in [0.717, 1.165) is 36.3 Å². The zero-order valence-corrected chi connectivity index (χ0v) is 15.2. The number of hydrogen-bond donors (Lipinski definition) is 1. The molecule has 0 aromatic heterocycles. The van der Waals surface area contributed by atoms with Crippen LogP contribution < -0.4 is 10.1 Å². The maximum Gasteiger partial charge on any atom is 0.401 e. The third-order valence-corrected chi connectivity index (χ3v) is 6.08. The molecule has 2 fully saturated rings. The topological polar surface area (TPSA) is 41.6 Å². The molecule has 1 N–H and O–H groups in total. The maximum absolute atomic E-state index is 12.5. The van der Waals surface area contributed by atoms with Gasteiger partial charge in [0.1, 0.15) is 5.75 Å². The SMILES string of the molecule is O=C1Cc2cc(OCCC3C[C@@H]3C3CCN(CC(F)(F)F)CC3)ccc2N1. The Morgan fingerprint density at radius 2 is 2.00 bits per heavy atom. The van der Waals surface area contributed by atoms with Crippen molar-refractivity contribution < 1.29 is 22.7 Å². The number of carbonyl (C=O) groups is 1. The standard InChI is InChI=1S/C20H25F3N2O2/c21-20(22,23)12-25-6-3-13(4-7-25)17-10-14(17)5-8-27-16-1-2-18-15(9-16)11-19(26)24-18/h1-2,9,13-14,17H,3-8,10-12H2,(H,24,26)/t14?,17-/m1/s1. The molecule has 148 valence electrons. The van der Waals surface area contributed by atoms with Crippen molar-refractivity contribution in [1.29, 1.82) is 0 Å². The number of anilines is 1. The number of hydrogen-bond acceptors (Lipinski definition) is 3. The fraction of sp³-hybridized carbons (Fsp3) is 0.650. The number of amides is 1. The first-order chi connectivity index (χ1) is 12.9. The average Bonchev–Trinajstić information content (AvgIpc) is 3.26. The molecule has 0 bridgehead atoms. The van der Waals surface area contributed by atoms with Crippen LogP contribution in [0.15, 0.2) is 18.2 Å². The summed E-state index contributed by atoms with van der Waals surface area (Å²) < 4.78 is 43.3. The Balaban J connectivity index is 1.16. The molecule has 0 radical (unpaired) electrons. The Morgan fingerprint density at radius 1 is 1.22 bits per heavy atom. The van der Waals surface area contributed by atoms with Gasteiger partial charge >= 0.3 is 6.18 Å². The maximum atomic E-state index is 12.5. The zero-order chi connectivity index (χ0) is 19.0. The van der Waals surface area contributed by atoms with Crippen LogP contribution in [0, 0.1) is 17.8 Å². The number of alkyl halides is 3. The van der Waals surface area contributed by atoms with Gasteiger partial charge in [-0.25, -0.2) is 0 Å². The molecule has 1 unspecified atom stereocenters. The minimum absolute atomic E-state index is 0.0178. The Kier molecular flexibility index (Phi) is 5.05. The van der Waals surface area contributed by atoms with Gasteiger partial charge in [-0.3, -0.25) is 9.69 Å². The first kappa shape index (κ1) is 18.6. The molecule has 1 saturated carbocycles. The van der Waals surface area contributed by atoms with E-state index in [4.69, 9.17) is 4.74 Å². The molecule has 3 aliphatic rings. The Bertz CT molecular complexity index is 699. The lowest BCUT2D eigenvalue weighted by molar-refractivity contribution is -0.148. The fourth-order valence-corrected chi connectivity index (χ4v) is 4.60. The Morgan fingerprint density at radius 3 is 2.74 bits per heavy atom. The van der Waals surface area contributed by atoms with Gasteiger partial charge in [-0.15, -0.1) is 0 Å². The third kappa shape index (κ3) is 4.75. The van der Waals surface area contributed by atoms with Crippen molar-refractivity contribution in [3.8, 4) is 5.75 Å². The predicted octanol–water partition coefficient (Wildman–Crippen LogP) is 3.86. The molecule has 1 saturated heterocycles. The smallest absolute Gasteiger partial charge is 0.401 e. The van der Waals surface area contributed by atoms with E-state index in [-0.39, 0.29) is 5.91 Å². The van der Waals surface area contributed by atoms with E-state index in [1.807, 2.05) is 18.2 Å². The highest BCUT2D eigenvalue weighted by atomic mass is 19.4. The molecule has 7 heteroatoms. The lowest BCUT2D eigenvalue weighted by Crippen LogP contribution is -2.40. The summed E-state index contributed by atoms with van der Waals surface area (Å²) in [5.41, 5.74) is 1.85. The van der Waals surface area contributed by atoms with Crippen LogP contribution >= 0.6 is 0 Å². The molecule has 2 aliphatic heterocycles. The number of benzene rings is 1. The van der Waals surface area contributed by atoms with Crippen LogP contribution in [-0.2, 0) is 11.2 Å². The first-order valence-corrected chi connectivity index (χ1v) is 9.72. The number of halogens is 3. The first-order valence-electron chi connectivity index (χ1n) is 9.72. The number of rotatable bonds is 6. The molecule has 1 aromatic carbocycles. The minimum Gasteiger partial charge on any atom is -0.494 e. The van der Waals surface area contributed by atoms with Gasteiger partial charge in [0.25, 0.3) is 0 Å². The van der Waals surface area contributed by atoms with Gasteiger partial charge in [0.05, 0.1) is 19.6 Å². The lowest BCUT2D eigenvalue weighted by atomic mass is 9.90. The van der Waals surface area contributed by atoms with E-state index in [1.165, 1.54) is 11.3 Å². The van der Waals surface area contributed by atoms with E-state index in [9.17, 15) is 18.0 Å². The number of nitrogens with one attached hydrogen (secondary N) is 1. The normalized spacial score (nSPS) is 26.0. The molecule has 2 atom stereocenters. The molecule has 1 aliphatic carbocycles. The van der Waals surface area contributed by atoms with Gasteiger partial charge in [0, 0.05) is 5.69 Å². The van der Waals surface area contributed by atoms with Crippen molar-refractivity contribution in [2.75, 3.05) is 31.6 Å². The van der Waals surface area contributed by atoms with E-state index in [2.05, 4.69) is 5.32 Å². The molecular weight excluding hydrogens is 357 g/mol. The van der Waals surface area contributed by atoms with Crippen molar-refractivity contribution in [3.05, 3.63) is 23.8 Å². The summed E-state index contributed by atoms with van der Waals surface area (Å²) in [6.45, 7) is 0.995. The number of ether oxygens (including phenoxy) is 1. The number of carbonyl (C=O) groups excluding carboxylic acids is 1. The molecule has 4 rings (SSSR count). The van der Waals surface area contributed by atoms with Crippen molar-refractivity contribution in [1.82, 2.24) is 4.90 Å². The highest BCUT2D eigenvalue weighted by molar-refractivity contribution is 5.99. The highest BCUT2D eigenvalue weighted by Gasteiger charge is 2.43. The number of fused-ring (bicyclic) bond motifs is 1. The van der Waals surface area contributed by atoms with Gasteiger partial charge in [-0.1, -0.05) is 0 Å². The van der Waals surface area contributed by atoms with Crippen LogP contribution in [0.5, 0.6) is 5.75 Å². The minimum atomic E-state index is -4.09. The second-order valence-corrected chi connectivity index (χ2v) is 8.07. The summed E-state index contributed by atoms with van der Waals surface area (Å²) in [6.07, 6.45) is 0.239. The molecule has 27 heavy (non-hydrogen) atoms. The quantitative estimate of drug-likeness (QED) is 0.812.